The predicted octanol–water partition coefficient (Wildman–Crippen LogP) is 4.28. The Kier molecular flexibility index (Phi) is 4.16. The van der Waals surface area contributed by atoms with Crippen LogP contribution in [0.3, 0.4) is 0 Å². The summed E-state index contributed by atoms with van der Waals surface area (Å²) >= 11 is 0. The van der Waals surface area contributed by atoms with E-state index in [1.807, 2.05) is 72.8 Å². The Labute approximate surface area is 129 Å². The molecule has 3 nitrogen and oxygen atoms in total. The monoisotopic (exact) mass is 289 g/mol. The Balaban J connectivity index is 1.89. The topological polar surface area (TPSA) is 36.2 Å². The summed E-state index contributed by atoms with van der Waals surface area (Å²) in [5.41, 5.74) is 1.79. The second kappa shape index (κ2) is 6.59. The normalized spacial score (nSPS) is 10.7. The van der Waals surface area contributed by atoms with Crippen molar-refractivity contribution >= 4 is 12.2 Å². The largest absolute Gasteiger partial charge is 0.619 e. The van der Waals surface area contributed by atoms with E-state index in [1.165, 1.54) is 12.4 Å². The van der Waals surface area contributed by atoms with E-state index in [0.29, 0.717) is 5.75 Å². The Hall–Kier alpha value is -3.07. The molecule has 3 heteroatoms. The van der Waals surface area contributed by atoms with Gasteiger partial charge in [0.05, 0.1) is 5.56 Å². The first-order valence-electron chi connectivity index (χ1n) is 7.00. The first-order chi connectivity index (χ1) is 10.8. The van der Waals surface area contributed by atoms with Gasteiger partial charge >= 0.3 is 0 Å². The second-order valence-corrected chi connectivity index (χ2v) is 4.78. The van der Waals surface area contributed by atoms with Crippen molar-refractivity contribution in [2.45, 2.75) is 0 Å². The van der Waals surface area contributed by atoms with Gasteiger partial charge in [0, 0.05) is 6.07 Å². The van der Waals surface area contributed by atoms with Gasteiger partial charge in [0.1, 0.15) is 11.5 Å². The van der Waals surface area contributed by atoms with Crippen LogP contribution in [0.5, 0.6) is 11.5 Å². The van der Waals surface area contributed by atoms with E-state index in [4.69, 9.17) is 4.74 Å². The average molecular weight is 289 g/mol. The van der Waals surface area contributed by atoms with Crippen LogP contribution in [0, 0.1) is 5.21 Å². The zero-order chi connectivity index (χ0) is 15.2. The minimum absolute atomic E-state index is 0.644. The number of pyridine rings is 1. The maximum absolute atomic E-state index is 11.5. The molecule has 2 aromatic carbocycles. The Morgan fingerprint density at radius 2 is 1.50 bits per heavy atom. The van der Waals surface area contributed by atoms with Crippen LogP contribution in [-0.4, -0.2) is 0 Å². The second-order valence-electron chi connectivity index (χ2n) is 4.78. The maximum Gasteiger partial charge on any atom is 0.191 e. The molecular weight excluding hydrogens is 274 g/mol. The fourth-order valence-electron chi connectivity index (χ4n) is 2.06. The van der Waals surface area contributed by atoms with Crippen molar-refractivity contribution in [1.82, 2.24) is 0 Å². The summed E-state index contributed by atoms with van der Waals surface area (Å²) in [5.74, 6) is 1.38. The number of hydrogen-bond donors (Lipinski definition) is 0. The number of rotatable bonds is 4. The molecule has 0 radical (unpaired) electrons. The molecule has 0 spiro atoms. The molecular formula is C19H15NO2. The van der Waals surface area contributed by atoms with Crippen LogP contribution in [0.2, 0.25) is 0 Å². The Bertz CT molecular complexity index is 768. The van der Waals surface area contributed by atoms with Gasteiger partial charge in [0.25, 0.3) is 0 Å². The number of para-hydroxylation sites is 1. The third-order valence-corrected chi connectivity index (χ3v) is 3.15. The zero-order valence-corrected chi connectivity index (χ0v) is 11.9. The lowest BCUT2D eigenvalue weighted by atomic mass is 10.1. The number of aromatic nitrogens is 1. The molecule has 0 aliphatic rings. The molecule has 1 aromatic heterocycles. The molecule has 0 aliphatic carbocycles. The Morgan fingerprint density at radius 3 is 2.23 bits per heavy atom. The van der Waals surface area contributed by atoms with E-state index >= 15 is 0 Å². The standard InChI is InChI=1S/C19H15NO2/c21-20-14-13-19(22-18-9-5-2-6-10-18)17(15-20)12-11-16-7-3-1-4-8-16/h1-15H/b12-11+. The van der Waals surface area contributed by atoms with Crippen LogP contribution in [0.4, 0.5) is 0 Å². The lowest BCUT2D eigenvalue weighted by Gasteiger charge is -2.08. The third-order valence-electron chi connectivity index (χ3n) is 3.15. The molecule has 1 heterocycles. The van der Waals surface area contributed by atoms with Gasteiger partial charge in [-0.1, -0.05) is 54.6 Å². The minimum Gasteiger partial charge on any atom is -0.619 e. The van der Waals surface area contributed by atoms with Crippen LogP contribution in [0.25, 0.3) is 12.2 Å². The van der Waals surface area contributed by atoms with Gasteiger partial charge in [-0.25, -0.2) is 0 Å². The van der Waals surface area contributed by atoms with Crippen molar-refractivity contribution in [3.8, 4) is 11.5 Å². The molecule has 0 amide bonds. The summed E-state index contributed by atoms with van der Waals surface area (Å²) in [6, 6.07) is 21.1. The molecule has 3 aromatic rings. The molecule has 0 saturated heterocycles. The SMILES string of the molecule is [O-][n+]1ccc(Oc2ccccc2)c(/C=C/c2ccccc2)c1. The van der Waals surface area contributed by atoms with Crippen molar-refractivity contribution in [2.75, 3.05) is 0 Å². The van der Waals surface area contributed by atoms with Gasteiger partial charge in [-0.2, -0.15) is 4.73 Å². The lowest BCUT2D eigenvalue weighted by Crippen LogP contribution is -2.24. The summed E-state index contributed by atoms with van der Waals surface area (Å²) < 4.78 is 6.62. The first kappa shape index (κ1) is 13.9. The Morgan fingerprint density at radius 1 is 0.818 bits per heavy atom. The van der Waals surface area contributed by atoms with Gasteiger partial charge in [0.2, 0.25) is 0 Å². The summed E-state index contributed by atoms with van der Waals surface area (Å²) in [7, 11) is 0. The molecule has 0 bridgehead atoms. The van der Waals surface area contributed by atoms with Crippen molar-refractivity contribution < 1.29 is 9.47 Å². The molecule has 3 rings (SSSR count). The minimum atomic E-state index is 0.644. The number of hydrogen-bond acceptors (Lipinski definition) is 2. The van der Waals surface area contributed by atoms with Crippen LogP contribution < -0.4 is 9.47 Å². The maximum atomic E-state index is 11.5. The first-order valence-corrected chi connectivity index (χ1v) is 7.00. The lowest BCUT2D eigenvalue weighted by molar-refractivity contribution is -0.605. The molecule has 22 heavy (non-hydrogen) atoms. The van der Waals surface area contributed by atoms with Crippen molar-refractivity contribution in [3.63, 3.8) is 0 Å². The van der Waals surface area contributed by atoms with Crippen molar-refractivity contribution in [3.05, 3.63) is 95.5 Å². The average Bonchev–Trinajstić information content (AvgIpc) is 2.57. The fraction of sp³-hybridized carbons (Fsp3) is 0. The van der Waals surface area contributed by atoms with E-state index < -0.39 is 0 Å². The van der Waals surface area contributed by atoms with E-state index in [-0.39, 0.29) is 0 Å². The molecule has 0 unspecified atom stereocenters. The zero-order valence-electron chi connectivity index (χ0n) is 11.9. The van der Waals surface area contributed by atoms with Crippen molar-refractivity contribution in [1.29, 1.82) is 0 Å². The summed E-state index contributed by atoms with van der Waals surface area (Å²) in [6.07, 6.45) is 6.75. The highest BCUT2D eigenvalue weighted by Gasteiger charge is 2.06. The highest BCUT2D eigenvalue weighted by molar-refractivity contribution is 5.71. The summed E-state index contributed by atoms with van der Waals surface area (Å²) in [4.78, 5) is 0. The van der Waals surface area contributed by atoms with E-state index in [2.05, 4.69) is 0 Å². The fourth-order valence-corrected chi connectivity index (χ4v) is 2.06. The van der Waals surface area contributed by atoms with E-state index in [9.17, 15) is 5.21 Å². The quantitative estimate of drug-likeness (QED) is 0.531. The molecule has 0 saturated carbocycles. The third kappa shape index (κ3) is 3.52. The van der Waals surface area contributed by atoms with Gasteiger partial charge in [-0.15, -0.1) is 0 Å². The number of nitrogens with zero attached hydrogens (tertiary/aromatic N) is 1. The van der Waals surface area contributed by atoms with Crippen molar-refractivity contribution in [2.24, 2.45) is 0 Å². The van der Waals surface area contributed by atoms with Gasteiger partial charge in [-0.05, 0) is 23.8 Å². The van der Waals surface area contributed by atoms with Crippen LogP contribution >= 0.6 is 0 Å². The predicted molar refractivity (Wildman–Crippen MR) is 87.3 cm³/mol. The van der Waals surface area contributed by atoms with Crippen LogP contribution in [0.15, 0.2) is 79.1 Å². The van der Waals surface area contributed by atoms with Gasteiger partial charge in [0.15, 0.2) is 12.4 Å². The molecule has 0 aliphatic heterocycles. The van der Waals surface area contributed by atoms with E-state index in [1.54, 1.807) is 6.07 Å². The molecule has 0 fully saturated rings. The number of benzene rings is 2. The van der Waals surface area contributed by atoms with E-state index in [0.717, 1.165) is 21.6 Å². The highest BCUT2D eigenvalue weighted by atomic mass is 16.5. The molecule has 0 N–H and O–H groups in total. The summed E-state index contributed by atoms with van der Waals surface area (Å²) in [5, 5.41) is 11.5. The highest BCUT2D eigenvalue weighted by Crippen LogP contribution is 2.25. The smallest absolute Gasteiger partial charge is 0.191 e. The molecule has 108 valence electrons. The van der Waals surface area contributed by atoms with Crippen LogP contribution in [0.1, 0.15) is 11.1 Å². The van der Waals surface area contributed by atoms with Gasteiger partial charge in [-0.3, -0.25) is 0 Å². The van der Waals surface area contributed by atoms with Crippen LogP contribution in [-0.2, 0) is 0 Å². The summed E-state index contributed by atoms with van der Waals surface area (Å²) in [6.45, 7) is 0. The van der Waals surface area contributed by atoms with Gasteiger partial charge < -0.3 is 9.94 Å². The number of ether oxygens (including phenoxy) is 1. The molecule has 0 atom stereocenters.